The fourth-order valence-corrected chi connectivity index (χ4v) is 3.07. The molecule has 0 amide bonds. The summed E-state index contributed by atoms with van der Waals surface area (Å²) in [6.45, 7) is 6.64. The highest BCUT2D eigenvalue weighted by Crippen LogP contribution is 2.34. The fraction of sp³-hybridized carbons (Fsp3) is 0.625. The van der Waals surface area contributed by atoms with Crippen molar-refractivity contribution in [3.05, 3.63) is 28.2 Å². The maximum absolute atomic E-state index is 6.03. The van der Waals surface area contributed by atoms with Crippen molar-refractivity contribution in [2.75, 3.05) is 18.0 Å². The van der Waals surface area contributed by atoms with Crippen LogP contribution in [0, 0.1) is 5.92 Å². The van der Waals surface area contributed by atoms with Crippen molar-refractivity contribution in [2.45, 2.75) is 45.6 Å². The molecule has 0 radical (unpaired) electrons. The number of nitrogens with zero attached hydrogens (tertiary/aromatic N) is 1. The summed E-state index contributed by atoms with van der Waals surface area (Å²) < 4.78 is 1.20. The molecule has 19 heavy (non-hydrogen) atoms. The Balaban J connectivity index is 2.08. The van der Waals surface area contributed by atoms with E-state index in [1.807, 2.05) is 0 Å². The van der Waals surface area contributed by atoms with Crippen LogP contribution in [-0.2, 0) is 6.42 Å². The average molecular weight is 325 g/mol. The van der Waals surface area contributed by atoms with E-state index in [-0.39, 0.29) is 6.04 Å². The normalized spacial score (nSPS) is 16.4. The van der Waals surface area contributed by atoms with Crippen LogP contribution in [0.1, 0.15) is 38.7 Å². The van der Waals surface area contributed by atoms with Crippen LogP contribution in [0.15, 0.2) is 22.7 Å². The number of rotatable bonds is 7. The second-order valence-corrected chi connectivity index (χ2v) is 6.49. The summed E-state index contributed by atoms with van der Waals surface area (Å²) >= 11 is 3.73. The van der Waals surface area contributed by atoms with Crippen molar-refractivity contribution < 1.29 is 0 Å². The van der Waals surface area contributed by atoms with Gasteiger partial charge in [0.15, 0.2) is 0 Å². The molecule has 1 aliphatic carbocycles. The maximum Gasteiger partial charge on any atom is 0.0510 e. The van der Waals surface area contributed by atoms with Gasteiger partial charge < -0.3 is 10.6 Å². The summed E-state index contributed by atoms with van der Waals surface area (Å²) in [6.07, 6.45) is 4.79. The zero-order chi connectivity index (χ0) is 13.8. The van der Waals surface area contributed by atoms with Gasteiger partial charge in [0.1, 0.15) is 0 Å². The Morgan fingerprint density at radius 2 is 2.11 bits per heavy atom. The lowest BCUT2D eigenvalue weighted by molar-refractivity contribution is 0.646. The van der Waals surface area contributed by atoms with E-state index in [2.05, 4.69) is 52.9 Å². The van der Waals surface area contributed by atoms with Gasteiger partial charge in [-0.2, -0.15) is 0 Å². The first-order valence-corrected chi connectivity index (χ1v) is 8.22. The SMILES string of the molecule is CCC(N)Cc1ccc(N(CC)CC2CC2)c(Br)c1. The highest BCUT2D eigenvalue weighted by atomic mass is 79.9. The summed E-state index contributed by atoms with van der Waals surface area (Å²) in [5.41, 5.74) is 8.68. The van der Waals surface area contributed by atoms with Crippen LogP contribution in [0.3, 0.4) is 0 Å². The van der Waals surface area contributed by atoms with Crippen LogP contribution >= 0.6 is 15.9 Å². The van der Waals surface area contributed by atoms with E-state index in [9.17, 15) is 0 Å². The van der Waals surface area contributed by atoms with Crippen molar-refractivity contribution in [1.29, 1.82) is 0 Å². The van der Waals surface area contributed by atoms with E-state index in [0.717, 1.165) is 25.3 Å². The molecule has 1 aromatic rings. The lowest BCUT2D eigenvalue weighted by Crippen LogP contribution is -2.25. The van der Waals surface area contributed by atoms with E-state index in [1.165, 1.54) is 35.1 Å². The smallest absolute Gasteiger partial charge is 0.0510 e. The van der Waals surface area contributed by atoms with Crippen molar-refractivity contribution in [1.82, 2.24) is 0 Å². The Hall–Kier alpha value is -0.540. The fourth-order valence-electron chi connectivity index (χ4n) is 2.39. The predicted molar refractivity (Wildman–Crippen MR) is 86.7 cm³/mol. The molecule has 2 N–H and O–H groups in total. The molecule has 0 aliphatic heterocycles. The van der Waals surface area contributed by atoms with Crippen LogP contribution in [0.5, 0.6) is 0 Å². The third-order valence-corrected chi connectivity index (χ3v) is 4.57. The molecule has 0 bridgehead atoms. The maximum atomic E-state index is 6.03. The molecular formula is C16H25BrN2. The molecule has 106 valence electrons. The van der Waals surface area contributed by atoms with Crippen molar-refractivity contribution in [3.63, 3.8) is 0 Å². The number of benzene rings is 1. The average Bonchev–Trinajstić information content (AvgIpc) is 3.20. The molecule has 1 saturated carbocycles. The number of halogens is 1. The molecule has 1 unspecified atom stereocenters. The topological polar surface area (TPSA) is 29.3 Å². The molecule has 1 aromatic carbocycles. The number of anilines is 1. The third kappa shape index (κ3) is 4.22. The zero-order valence-corrected chi connectivity index (χ0v) is 13.6. The minimum Gasteiger partial charge on any atom is -0.371 e. The van der Waals surface area contributed by atoms with Gasteiger partial charge in [-0.1, -0.05) is 13.0 Å². The van der Waals surface area contributed by atoms with Gasteiger partial charge in [0.25, 0.3) is 0 Å². The largest absolute Gasteiger partial charge is 0.371 e. The van der Waals surface area contributed by atoms with Crippen LogP contribution in [0.25, 0.3) is 0 Å². The quantitative estimate of drug-likeness (QED) is 0.822. The van der Waals surface area contributed by atoms with Gasteiger partial charge in [0.2, 0.25) is 0 Å². The second kappa shape index (κ2) is 6.76. The highest BCUT2D eigenvalue weighted by Gasteiger charge is 2.24. The second-order valence-electron chi connectivity index (χ2n) is 5.64. The zero-order valence-electron chi connectivity index (χ0n) is 12.0. The molecule has 1 aliphatic rings. The standard InChI is InChI=1S/C16H25BrN2/c1-3-14(18)9-13-7-8-16(15(17)10-13)19(4-2)11-12-5-6-12/h7-8,10,12,14H,3-6,9,11,18H2,1-2H3. The molecule has 1 fully saturated rings. The summed E-state index contributed by atoms with van der Waals surface area (Å²) in [5.74, 6) is 0.917. The molecule has 0 spiro atoms. The third-order valence-electron chi connectivity index (χ3n) is 3.93. The molecule has 3 heteroatoms. The monoisotopic (exact) mass is 324 g/mol. The first-order chi connectivity index (χ1) is 9.13. The molecule has 2 rings (SSSR count). The Morgan fingerprint density at radius 1 is 1.37 bits per heavy atom. The van der Waals surface area contributed by atoms with Crippen LogP contribution < -0.4 is 10.6 Å². The molecule has 1 atom stereocenters. The van der Waals surface area contributed by atoms with Gasteiger partial charge in [0.05, 0.1) is 5.69 Å². The van der Waals surface area contributed by atoms with Gasteiger partial charge >= 0.3 is 0 Å². The van der Waals surface area contributed by atoms with Crippen LogP contribution in [-0.4, -0.2) is 19.1 Å². The molecule has 0 saturated heterocycles. The van der Waals surface area contributed by atoms with E-state index in [0.29, 0.717) is 0 Å². The summed E-state index contributed by atoms with van der Waals surface area (Å²) in [4.78, 5) is 2.48. The summed E-state index contributed by atoms with van der Waals surface area (Å²) in [5, 5.41) is 0. The minimum atomic E-state index is 0.270. The highest BCUT2D eigenvalue weighted by molar-refractivity contribution is 9.10. The summed E-state index contributed by atoms with van der Waals surface area (Å²) in [7, 11) is 0. The Morgan fingerprint density at radius 3 is 2.63 bits per heavy atom. The van der Waals surface area contributed by atoms with Crippen LogP contribution in [0.4, 0.5) is 5.69 Å². The molecule has 0 aromatic heterocycles. The molecule has 0 heterocycles. The Kier molecular flexibility index (Phi) is 5.28. The van der Waals surface area contributed by atoms with E-state index < -0.39 is 0 Å². The van der Waals surface area contributed by atoms with E-state index in [4.69, 9.17) is 5.73 Å². The summed E-state index contributed by atoms with van der Waals surface area (Å²) in [6, 6.07) is 6.98. The van der Waals surface area contributed by atoms with Gasteiger partial charge in [-0.05, 0) is 72.2 Å². The van der Waals surface area contributed by atoms with E-state index >= 15 is 0 Å². The number of hydrogen-bond acceptors (Lipinski definition) is 2. The van der Waals surface area contributed by atoms with E-state index in [1.54, 1.807) is 0 Å². The number of nitrogens with two attached hydrogens (primary N) is 1. The Bertz CT molecular complexity index is 415. The van der Waals surface area contributed by atoms with Crippen LogP contribution in [0.2, 0.25) is 0 Å². The molecule has 2 nitrogen and oxygen atoms in total. The van der Waals surface area contributed by atoms with Gasteiger partial charge in [-0.15, -0.1) is 0 Å². The minimum absolute atomic E-state index is 0.270. The van der Waals surface area contributed by atoms with Gasteiger partial charge in [0, 0.05) is 23.6 Å². The molecular weight excluding hydrogens is 300 g/mol. The van der Waals surface area contributed by atoms with Crippen molar-refractivity contribution >= 4 is 21.6 Å². The van der Waals surface area contributed by atoms with Gasteiger partial charge in [-0.25, -0.2) is 0 Å². The number of hydrogen-bond donors (Lipinski definition) is 1. The first-order valence-electron chi connectivity index (χ1n) is 7.43. The lowest BCUT2D eigenvalue weighted by Gasteiger charge is -2.25. The first kappa shape index (κ1) is 14.9. The predicted octanol–water partition coefficient (Wildman–Crippen LogP) is 3.97. The Labute approximate surface area is 125 Å². The van der Waals surface area contributed by atoms with Crippen molar-refractivity contribution in [2.24, 2.45) is 11.7 Å². The lowest BCUT2D eigenvalue weighted by atomic mass is 10.0. The van der Waals surface area contributed by atoms with Crippen molar-refractivity contribution in [3.8, 4) is 0 Å². The van der Waals surface area contributed by atoms with Gasteiger partial charge in [-0.3, -0.25) is 0 Å².